The highest BCUT2D eigenvalue weighted by Gasteiger charge is 2.22. The summed E-state index contributed by atoms with van der Waals surface area (Å²) in [7, 11) is 0. The number of hydrogen-bond acceptors (Lipinski definition) is 1. The molecule has 0 bridgehead atoms. The minimum atomic E-state index is 0.488. The first-order chi connectivity index (χ1) is 11.3. The topological polar surface area (TPSA) is 26.0 Å². The van der Waals surface area contributed by atoms with Gasteiger partial charge in [-0.1, -0.05) is 103 Å². The Hall–Kier alpha value is -0.0400. The summed E-state index contributed by atoms with van der Waals surface area (Å²) < 4.78 is 0. The molecular formula is C22H43N. The third kappa shape index (κ3) is 8.05. The largest absolute Gasteiger partial charge is 0.328 e. The highest BCUT2D eigenvalue weighted by Crippen LogP contribution is 2.35. The maximum atomic E-state index is 6.24. The maximum absolute atomic E-state index is 6.24. The van der Waals surface area contributed by atoms with E-state index in [4.69, 9.17) is 5.73 Å². The van der Waals surface area contributed by atoms with Crippen LogP contribution in [-0.4, -0.2) is 6.04 Å². The van der Waals surface area contributed by atoms with Gasteiger partial charge >= 0.3 is 0 Å². The van der Waals surface area contributed by atoms with Crippen molar-refractivity contribution < 1.29 is 0 Å². The summed E-state index contributed by atoms with van der Waals surface area (Å²) >= 11 is 0. The van der Waals surface area contributed by atoms with E-state index in [2.05, 4.69) is 6.92 Å². The van der Waals surface area contributed by atoms with E-state index >= 15 is 0 Å². The first-order valence-corrected chi connectivity index (χ1v) is 11.0. The summed E-state index contributed by atoms with van der Waals surface area (Å²) in [6.07, 6.45) is 24.6. The average Bonchev–Trinajstić information content (AvgIpc) is 2.59. The van der Waals surface area contributed by atoms with Crippen molar-refractivity contribution in [2.45, 2.75) is 122 Å². The minimum absolute atomic E-state index is 0.488. The van der Waals surface area contributed by atoms with E-state index < -0.39 is 0 Å². The summed E-state index contributed by atoms with van der Waals surface area (Å²) in [6, 6.07) is 0.488. The monoisotopic (exact) mass is 321 g/mol. The second-order valence-electron chi connectivity index (χ2n) is 8.88. The molecule has 0 aromatic rings. The normalized spacial score (nSPS) is 36.8. The highest BCUT2D eigenvalue weighted by atomic mass is 14.6. The van der Waals surface area contributed by atoms with Crippen LogP contribution in [0, 0.1) is 17.8 Å². The fraction of sp³-hybridized carbons (Fsp3) is 1.00. The fourth-order valence-corrected chi connectivity index (χ4v) is 5.13. The van der Waals surface area contributed by atoms with E-state index in [1.165, 1.54) is 109 Å². The third-order valence-corrected chi connectivity index (χ3v) is 6.76. The maximum Gasteiger partial charge on any atom is 0.00388 e. The van der Waals surface area contributed by atoms with Crippen LogP contribution in [0.4, 0.5) is 0 Å². The van der Waals surface area contributed by atoms with Crippen LogP contribution in [0.3, 0.4) is 0 Å². The van der Waals surface area contributed by atoms with Crippen LogP contribution >= 0.6 is 0 Å². The van der Waals surface area contributed by atoms with E-state index in [9.17, 15) is 0 Å². The van der Waals surface area contributed by atoms with E-state index in [-0.39, 0.29) is 0 Å². The first-order valence-electron chi connectivity index (χ1n) is 11.0. The van der Waals surface area contributed by atoms with Crippen LogP contribution in [0.5, 0.6) is 0 Å². The van der Waals surface area contributed by atoms with Crippen molar-refractivity contribution in [3.63, 3.8) is 0 Å². The van der Waals surface area contributed by atoms with E-state index in [0.717, 1.165) is 17.8 Å². The van der Waals surface area contributed by atoms with Crippen LogP contribution in [0.2, 0.25) is 0 Å². The summed E-state index contributed by atoms with van der Waals surface area (Å²) in [5.41, 5.74) is 6.24. The van der Waals surface area contributed by atoms with Gasteiger partial charge in [0.2, 0.25) is 0 Å². The number of rotatable bonds is 1. The fourth-order valence-electron chi connectivity index (χ4n) is 5.13. The van der Waals surface area contributed by atoms with Gasteiger partial charge in [0.1, 0.15) is 0 Å². The Morgan fingerprint density at radius 2 is 0.870 bits per heavy atom. The molecule has 2 N–H and O–H groups in total. The minimum Gasteiger partial charge on any atom is -0.328 e. The van der Waals surface area contributed by atoms with Gasteiger partial charge < -0.3 is 5.73 Å². The average molecular weight is 322 g/mol. The Kier molecular flexibility index (Phi) is 9.65. The quantitative estimate of drug-likeness (QED) is 0.562. The molecule has 2 aliphatic rings. The highest BCUT2D eigenvalue weighted by molar-refractivity contribution is 4.74. The Balaban J connectivity index is 1.85. The van der Waals surface area contributed by atoms with Gasteiger partial charge in [0, 0.05) is 6.04 Å². The molecule has 0 amide bonds. The van der Waals surface area contributed by atoms with Crippen LogP contribution in [0.25, 0.3) is 0 Å². The molecule has 1 nitrogen and oxygen atoms in total. The van der Waals surface area contributed by atoms with Crippen molar-refractivity contribution in [1.29, 1.82) is 0 Å². The molecule has 0 spiro atoms. The Labute approximate surface area is 146 Å². The predicted octanol–water partition coefficient (Wildman–Crippen LogP) is 6.84. The molecule has 0 aromatic heterocycles. The lowest BCUT2D eigenvalue weighted by molar-refractivity contribution is 0.228. The zero-order chi connectivity index (χ0) is 16.3. The number of hydrogen-bond donors (Lipinski definition) is 1. The molecule has 0 aliphatic heterocycles. The van der Waals surface area contributed by atoms with Gasteiger partial charge in [0.25, 0.3) is 0 Å². The van der Waals surface area contributed by atoms with Crippen molar-refractivity contribution >= 4 is 0 Å². The predicted molar refractivity (Wildman–Crippen MR) is 103 cm³/mol. The Bertz CT molecular complexity index is 288. The molecule has 2 fully saturated rings. The molecular weight excluding hydrogens is 278 g/mol. The zero-order valence-electron chi connectivity index (χ0n) is 15.9. The van der Waals surface area contributed by atoms with Crippen LogP contribution in [0.15, 0.2) is 0 Å². The molecule has 0 saturated heterocycles. The first kappa shape index (κ1) is 19.3. The van der Waals surface area contributed by atoms with Gasteiger partial charge in [-0.2, -0.15) is 0 Å². The lowest BCUT2D eigenvalue weighted by Crippen LogP contribution is -2.19. The zero-order valence-corrected chi connectivity index (χ0v) is 15.9. The Morgan fingerprint density at radius 1 is 0.478 bits per heavy atom. The van der Waals surface area contributed by atoms with Crippen LogP contribution < -0.4 is 5.73 Å². The molecule has 2 saturated carbocycles. The van der Waals surface area contributed by atoms with E-state index in [1.54, 1.807) is 0 Å². The standard InChI is InChI=1S/C22H43N/c1-19-11-4-2-5-14-21(16-10-12-19)20-13-6-3-7-17-22(23)18-9-8-15-20/h19-22H,2-18,23H2,1H3/t19-,20?,21?,22?/m1/s1. The SMILES string of the molecule is C[C@@H]1CCCCCC(C2CCCCCC(N)CCCC2)CCC1. The van der Waals surface area contributed by atoms with E-state index in [0.29, 0.717) is 6.04 Å². The second kappa shape index (κ2) is 11.5. The summed E-state index contributed by atoms with van der Waals surface area (Å²) in [6.45, 7) is 2.48. The molecule has 2 aliphatic carbocycles. The van der Waals surface area contributed by atoms with Gasteiger partial charge in [-0.3, -0.25) is 0 Å². The van der Waals surface area contributed by atoms with Crippen molar-refractivity contribution in [3.8, 4) is 0 Å². The summed E-state index contributed by atoms with van der Waals surface area (Å²) in [4.78, 5) is 0. The van der Waals surface area contributed by atoms with Crippen molar-refractivity contribution in [2.24, 2.45) is 23.5 Å². The molecule has 23 heavy (non-hydrogen) atoms. The lowest BCUT2D eigenvalue weighted by atomic mass is 9.77. The lowest BCUT2D eigenvalue weighted by Gasteiger charge is -2.29. The van der Waals surface area contributed by atoms with Crippen LogP contribution in [-0.2, 0) is 0 Å². The van der Waals surface area contributed by atoms with Gasteiger partial charge in [0.15, 0.2) is 0 Å². The molecule has 4 atom stereocenters. The number of nitrogens with two attached hydrogens (primary N) is 1. The van der Waals surface area contributed by atoms with Crippen molar-refractivity contribution in [2.75, 3.05) is 0 Å². The van der Waals surface area contributed by atoms with Crippen molar-refractivity contribution in [1.82, 2.24) is 0 Å². The summed E-state index contributed by atoms with van der Waals surface area (Å²) in [5, 5.41) is 0. The second-order valence-corrected chi connectivity index (χ2v) is 8.88. The van der Waals surface area contributed by atoms with Crippen LogP contribution in [0.1, 0.15) is 116 Å². The third-order valence-electron chi connectivity index (χ3n) is 6.76. The molecule has 0 heterocycles. The molecule has 0 aromatic carbocycles. The van der Waals surface area contributed by atoms with E-state index in [1.807, 2.05) is 0 Å². The smallest absolute Gasteiger partial charge is 0.00388 e. The molecule has 1 heteroatoms. The molecule has 3 unspecified atom stereocenters. The van der Waals surface area contributed by atoms with Gasteiger partial charge in [-0.05, 0) is 30.6 Å². The summed E-state index contributed by atoms with van der Waals surface area (Å²) in [5.74, 6) is 3.04. The van der Waals surface area contributed by atoms with Gasteiger partial charge in [-0.25, -0.2) is 0 Å². The molecule has 2 rings (SSSR count). The molecule has 136 valence electrons. The molecule has 0 radical (unpaired) electrons. The van der Waals surface area contributed by atoms with Gasteiger partial charge in [-0.15, -0.1) is 0 Å². The Morgan fingerprint density at radius 3 is 1.52 bits per heavy atom. The van der Waals surface area contributed by atoms with Gasteiger partial charge in [0.05, 0.1) is 0 Å². The van der Waals surface area contributed by atoms with Crippen molar-refractivity contribution in [3.05, 3.63) is 0 Å².